The molecule has 0 saturated carbocycles. The van der Waals surface area contributed by atoms with Crippen LogP contribution in [-0.2, 0) is 0 Å². The summed E-state index contributed by atoms with van der Waals surface area (Å²) in [4.78, 5) is 21.7. The van der Waals surface area contributed by atoms with Crippen LogP contribution in [0.2, 0.25) is 0 Å². The zero-order valence-corrected chi connectivity index (χ0v) is 20.6. The summed E-state index contributed by atoms with van der Waals surface area (Å²) >= 11 is 3.41. The lowest BCUT2D eigenvalue weighted by molar-refractivity contribution is 0.102. The van der Waals surface area contributed by atoms with Gasteiger partial charge in [-0.2, -0.15) is 4.98 Å². The lowest BCUT2D eigenvalue weighted by atomic mass is 10.2. The van der Waals surface area contributed by atoms with Crippen molar-refractivity contribution in [3.8, 4) is 5.75 Å². The largest absolute Gasteiger partial charge is 0.497 e. The number of hydrogen-bond donors (Lipinski definition) is 3. The Morgan fingerprint density at radius 2 is 1.47 bits per heavy atom. The Labute approximate surface area is 206 Å². The average Bonchev–Trinajstić information content (AvgIpc) is 2.82. The van der Waals surface area contributed by atoms with E-state index in [2.05, 4.69) is 41.8 Å². The molecular weight excluding hydrogens is 494 g/mol. The van der Waals surface area contributed by atoms with Gasteiger partial charge in [-0.05, 0) is 84.4 Å². The van der Waals surface area contributed by atoms with Crippen molar-refractivity contribution in [2.75, 3.05) is 23.1 Å². The van der Waals surface area contributed by atoms with Gasteiger partial charge in [-0.3, -0.25) is 4.79 Å². The van der Waals surface area contributed by atoms with Gasteiger partial charge >= 0.3 is 0 Å². The van der Waals surface area contributed by atoms with E-state index in [1.165, 1.54) is 5.56 Å². The van der Waals surface area contributed by atoms with Gasteiger partial charge in [-0.1, -0.05) is 17.7 Å². The molecule has 0 aliphatic carbocycles. The van der Waals surface area contributed by atoms with Crippen LogP contribution in [0.4, 0.5) is 28.8 Å². The number of hydrogen-bond acceptors (Lipinski definition) is 6. The van der Waals surface area contributed by atoms with E-state index >= 15 is 0 Å². The number of nitrogens with one attached hydrogen (secondary N) is 3. The highest BCUT2D eigenvalue weighted by atomic mass is 79.9. The van der Waals surface area contributed by atoms with Crippen molar-refractivity contribution in [2.24, 2.45) is 0 Å². The van der Waals surface area contributed by atoms with Crippen LogP contribution < -0.4 is 20.7 Å². The molecule has 7 nitrogen and oxygen atoms in total. The summed E-state index contributed by atoms with van der Waals surface area (Å²) in [6.07, 6.45) is 0. The van der Waals surface area contributed by atoms with Crippen LogP contribution in [0.25, 0.3) is 0 Å². The first-order valence-corrected chi connectivity index (χ1v) is 11.4. The number of aromatic nitrogens is 2. The molecule has 1 amide bonds. The molecule has 0 unspecified atom stereocenters. The van der Waals surface area contributed by atoms with Crippen LogP contribution >= 0.6 is 15.9 Å². The van der Waals surface area contributed by atoms with Gasteiger partial charge in [-0.15, -0.1) is 0 Å². The van der Waals surface area contributed by atoms with E-state index in [1.54, 1.807) is 25.3 Å². The molecule has 0 radical (unpaired) electrons. The maximum absolute atomic E-state index is 12.7. The number of aryl methyl sites for hydroxylation is 2. The number of anilines is 5. The van der Waals surface area contributed by atoms with E-state index in [1.807, 2.05) is 68.4 Å². The van der Waals surface area contributed by atoms with Crippen molar-refractivity contribution in [3.05, 3.63) is 94.1 Å². The number of nitrogens with zero attached hydrogens (tertiary/aromatic N) is 2. The van der Waals surface area contributed by atoms with Crippen molar-refractivity contribution in [1.82, 2.24) is 9.97 Å². The molecule has 4 aromatic rings. The maximum atomic E-state index is 12.7. The number of carbonyl (C=O) groups is 1. The van der Waals surface area contributed by atoms with Gasteiger partial charge in [0.25, 0.3) is 5.91 Å². The summed E-state index contributed by atoms with van der Waals surface area (Å²) in [6, 6.07) is 22.6. The normalized spacial score (nSPS) is 10.5. The molecule has 0 aliphatic rings. The van der Waals surface area contributed by atoms with Crippen LogP contribution in [-0.4, -0.2) is 23.0 Å². The summed E-state index contributed by atoms with van der Waals surface area (Å²) in [5, 5.41) is 9.43. The third-order valence-corrected chi connectivity index (χ3v) is 5.69. The van der Waals surface area contributed by atoms with Crippen molar-refractivity contribution in [2.45, 2.75) is 13.8 Å². The number of benzene rings is 3. The van der Waals surface area contributed by atoms with Crippen LogP contribution in [0.15, 0.2) is 77.3 Å². The summed E-state index contributed by atoms with van der Waals surface area (Å²) in [5.41, 5.74) is 4.94. The molecule has 1 heterocycles. The first-order valence-electron chi connectivity index (χ1n) is 10.6. The van der Waals surface area contributed by atoms with Gasteiger partial charge < -0.3 is 20.7 Å². The van der Waals surface area contributed by atoms with Crippen LogP contribution in [0.3, 0.4) is 0 Å². The molecule has 0 fully saturated rings. The molecule has 8 heteroatoms. The second-order valence-corrected chi connectivity index (χ2v) is 8.57. The van der Waals surface area contributed by atoms with E-state index in [0.29, 0.717) is 33.2 Å². The molecule has 4 rings (SSSR count). The fourth-order valence-corrected chi connectivity index (χ4v) is 3.67. The Hall–Kier alpha value is -3.91. The van der Waals surface area contributed by atoms with Crippen molar-refractivity contribution in [3.63, 3.8) is 0 Å². The van der Waals surface area contributed by atoms with E-state index in [0.717, 1.165) is 17.1 Å². The Balaban J connectivity index is 1.44. The molecule has 0 bridgehead atoms. The van der Waals surface area contributed by atoms with Gasteiger partial charge in [0.05, 0.1) is 12.7 Å². The minimum Gasteiger partial charge on any atom is -0.497 e. The number of methoxy groups -OCH3 is 1. The fraction of sp³-hybridized carbons (Fsp3) is 0.115. The highest BCUT2D eigenvalue weighted by molar-refractivity contribution is 9.10. The van der Waals surface area contributed by atoms with Crippen LogP contribution in [0.5, 0.6) is 5.75 Å². The molecular formula is C26H24BrN5O2. The predicted molar refractivity (Wildman–Crippen MR) is 140 cm³/mol. The molecule has 0 aliphatic heterocycles. The van der Waals surface area contributed by atoms with E-state index in [-0.39, 0.29) is 5.91 Å². The van der Waals surface area contributed by atoms with Gasteiger partial charge in [-0.25, -0.2) is 4.98 Å². The summed E-state index contributed by atoms with van der Waals surface area (Å²) in [7, 11) is 1.57. The Morgan fingerprint density at radius 3 is 2.18 bits per heavy atom. The molecule has 1 aromatic heterocycles. The number of carbonyl (C=O) groups excluding carboxylic acids is 1. The number of amides is 1. The number of rotatable bonds is 7. The smallest absolute Gasteiger partial charge is 0.256 e. The summed E-state index contributed by atoms with van der Waals surface area (Å²) in [5.74, 6) is 1.56. The lowest BCUT2D eigenvalue weighted by Gasteiger charge is -2.12. The van der Waals surface area contributed by atoms with Crippen LogP contribution in [0, 0.1) is 13.8 Å². The number of ether oxygens (including phenoxy) is 1. The first-order chi connectivity index (χ1) is 16.4. The second kappa shape index (κ2) is 10.4. The molecule has 3 aromatic carbocycles. The Bertz CT molecular complexity index is 1310. The summed E-state index contributed by atoms with van der Waals surface area (Å²) < 4.78 is 5.91. The van der Waals surface area contributed by atoms with E-state index < -0.39 is 0 Å². The predicted octanol–water partition coefficient (Wildman–Crippen LogP) is 6.60. The van der Waals surface area contributed by atoms with Gasteiger partial charge in [0, 0.05) is 33.3 Å². The Morgan fingerprint density at radius 1 is 0.824 bits per heavy atom. The van der Waals surface area contributed by atoms with Crippen LogP contribution in [0.1, 0.15) is 21.6 Å². The molecule has 0 atom stereocenters. The zero-order valence-electron chi connectivity index (χ0n) is 19.0. The highest BCUT2D eigenvalue weighted by Gasteiger charge is 2.12. The molecule has 0 saturated heterocycles. The van der Waals surface area contributed by atoms with Crippen molar-refractivity contribution < 1.29 is 9.53 Å². The molecule has 0 spiro atoms. The first kappa shape index (κ1) is 23.3. The fourth-order valence-electron chi connectivity index (χ4n) is 3.24. The van der Waals surface area contributed by atoms with E-state index in [9.17, 15) is 4.79 Å². The van der Waals surface area contributed by atoms with Crippen molar-refractivity contribution >= 4 is 50.7 Å². The Kier molecular flexibility index (Phi) is 7.08. The van der Waals surface area contributed by atoms with Gasteiger partial charge in [0.1, 0.15) is 11.6 Å². The maximum Gasteiger partial charge on any atom is 0.256 e. The van der Waals surface area contributed by atoms with Gasteiger partial charge in [0.15, 0.2) is 0 Å². The third-order valence-electron chi connectivity index (χ3n) is 5.00. The highest BCUT2D eigenvalue weighted by Crippen LogP contribution is 2.25. The topological polar surface area (TPSA) is 88.2 Å². The quantitative estimate of drug-likeness (QED) is 0.255. The second-order valence-electron chi connectivity index (χ2n) is 7.71. The standard InChI is InChI=1S/C26H24BrN5O2/c1-16-4-6-20(7-5-16)31-26-28-17(2)14-24(32-26)29-18-8-10-19(11-9-18)30-25(33)22-15-21(34-3)12-13-23(22)27/h4-15H,1-3H3,(H,30,33)(H2,28,29,31,32). The minimum atomic E-state index is -0.232. The molecule has 172 valence electrons. The average molecular weight is 518 g/mol. The monoisotopic (exact) mass is 517 g/mol. The molecule has 34 heavy (non-hydrogen) atoms. The SMILES string of the molecule is COc1ccc(Br)c(C(=O)Nc2ccc(Nc3cc(C)nc(Nc4ccc(C)cc4)n3)cc2)c1. The third kappa shape index (κ3) is 5.90. The lowest BCUT2D eigenvalue weighted by Crippen LogP contribution is -2.12. The molecule has 3 N–H and O–H groups in total. The summed E-state index contributed by atoms with van der Waals surface area (Å²) in [6.45, 7) is 3.96. The van der Waals surface area contributed by atoms with E-state index in [4.69, 9.17) is 4.74 Å². The van der Waals surface area contributed by atoms with Gasteiger partial charge in [0.2, 0.25) is 5.95 Å². The van der Waals surface area contributed by atoms with Crippen molar-refractivity contribution in [1.29, 1.82) is 0 Å². The number of halogens is 1. The zero-order chi connectivity index (χ0) is 24.1. The minimum absolute atomic E-state index is 0.232.